The number of hydrogen-bond acceptors (Lipinski definition) is 3. The van der Waals surface area contributed by atoms with E-state index in [1.807, 2.05) is 6.07 Å². The minimum atomic E-state index is -0.262. The first-order valence-electron chi connectivity index (χ1n) is 7.65. The maximum Gasteiger partial charge on any atom is 0.132 e. The van der Waals surface area contributed by atoms with Gasteiger partial charge in [0.2, 0.25) is 0 Å². The van der Waals surface area contributed by atoms with Crippen molar-refractivity contribution in [1.29, 1.82) is 0 Å². The van der Waals surface area contributed by atoms with E-state index < -0.39 is 0 Å². The molecule has 1 aromatic carbocycles. The summed E-state index contributed by atoms with van der Waals surface area (Å²) in [5.41, 5.74) is 7.59. The van der Waals surface area contributed by atoms with E-state index in [1.54, 1.807) is 16.8 Å². The van der Waals surface area contributed by atoms with E-state index in [2.05, 4.69) is 17.2 Å². The molecule has 114 valence electrons. The van der Waals surface area contributed by atoms with Crippen LogP contribution in [0, 0.1) is 5.82 Å². The lowest BCUT2D eigenvalue weighted by atomic mass is 10.1. The Bertz CT molecular complexity index is 565. The molecule has 0 saturated carbocycles. The maximum absolute atomic E-state index is 14.0. The second-order valence-electron chi connectivity index (χ2n) is 5.21. The second kappa shape index (κ2) is 7.88. The Kier molecular flexibility index (Phi) is 5.87. The fraction of sp³-hybridized carbons (Fsp3) is 0.500. The first-order valence-corrected chi connectivity index (χ1v) is 7.65. The Morgan fingerprint density at radius 1 is 1.14 bits per heavy atom. The van der Waals surface area contributed by atoms with E-state index >= 15 is 0 Å². The molecule has 4 nitrogen and oxygen atoms in total. The van der Waals surface area contributed by atoms with Crippen LogP contribution in [0.15, 0.2) is 24.3 Å². The molecular weight excluding hydrogens is 267 g/mol. The first-order chi connectivity index (χ1) is 10.3. The van der Waals surface area contributed by atoms with Crippen molar-refractivity contribution in [3.8, 4) is 11.3 Å². The van der Waals surface area contributed by atoms with Gasteiger partial charge in [0.25, 0.3) is 0 Å². The summed E-state index contributed by atoms with van der Waals surface area (Å²) in [5.74, 6) is -0.262. The summed E-state index contributed by atoms with van der Waals surface area (Å²) in [6, 6.07) is 6.70. The highest BCUT2D eigenvalue weighted by Crippen LogP contribution is 2.25. The topological polar surface area (TPSA) is 56.7 Å². The normalized spacial score (nSPS) is 11.0. The highest BCUT2D eigenvalue weighted by atomic mass is 19.1. The predicted molar refractivity (Wildman–Crippen MR) is 82.1 cm³/mol. The molecule has 21 heavy (non-hydrogen) atoms. The third kappa shape index (κ3) is 3.88. The van der Waals surface area contributed by atoms with Gasteiger partial charge in [-0.15, -0.1) is 5.10 Å². The van der Waals surface area contributed by atoms with Crippen LogP contribution in [-0.4, -0.2) is 15.0 Å². The Labute approximate surface area is 125 Å². The van der Waals surface area contributed by atoms with Crippen LogP contribution >= 0.6 is 0 Å². The number of benzene rings is 1. The quantitative estimate of drug-likeness (QED) is 0.757. The molecule has 0 aliphatic rings. The van der Waals surface area contributed by atoms with E-state index in [0.29, 0.717) is 17.0 Å². The molecule has 0 unspecified atom stereocenters. The lowest BCUT2D eigenvalue weighted by molar-refractivity contribution is 0.523. The number of aromatic nitrogens is 3. The number of aryl methyl sites for hydroxylation is 1. The zero-order valence-corrected chi connectivity index (χ0v) is 12.6. The van der Waals surface area contributed by atoms with Crippen molar-refractivity contribution < 1.29 is 4.39 Å². The molecule has 0 spiro atoms. The molecule has 0 amide bonds. The summed E-state index contributed by atoms with van der Waals surface area (Å²) < 4.78 is 15.8. The van der Waals surface area contributed by atoms with Gasteiger partial charge < -0.3 is 5.73 Å². The van der Waals surface area contributed by atoms with Crippen LogP contribution in [0.3, 0.4) is 0 Å². The van der Waals surface area contributed by atoms with Crippen LogP contribution in [0.25, 0.3) is 11.3 Å². The smallest absolute Gasteiger partial charge is 0.132 e. The third-order valence-corrected chi connectivity index (χ3v) is 3.60. The molecule has 2 N–H and O–H groups in total. The molecule has 0 atom stereocenters. The largest absolute Gasteiger partial charge is 0.325 e. The van der Waals surface area contributed by atoms with Gasteiger partial charge in [-0.05, 0) is 18.6 Å². The minimum absolute atomic E-state index is 0.262. The molecule has 0 saturated heterocycles. The van der Waals surface area contributed by atoms with E-state index in [1.165, 1.54) is 25.3 Å². The molecule has 0 aliphatic heterocycles. The fourth-order valence-corrected chi connectivity index (χ4v) is 2.46. The molecule has 0 aliphatic carbocycles. The number of nitrogens with two attached hydrogens (primary N) is 1. The van der Waals surface area contributed by atoms with Gasteiger partial charge >= 0.3 is 0 Å². The summed E-state index contributed by atoms with van der Waals surface area (Å²) in [6.07, 6.45) is 5.88. The van der Waals surface area contributed by atoms with Crippen molar-refractivity contribution in [1.82, 2.24) is 15.0 Å². The van der Waals surface area contributed by atoms with E-state index in [0.717, 1.165) is 19.4 Å². The molecule has 2 aromatic rings. The average molecular weight is 290 g/mol. The summed E-state index contributed by atoms with van der Waals surface area (Å²) in [6.45, 7) is 3.21. The third-order valence-electron chi connectivity index (χ3n) is 3.60. The van der Waals surface area contributed by atoms with Crippen LogP contribution in [0.1, 0.15) is 44.7 Å². The number of nitrogens with zero attached hydrogens (tertiary/aromatic N) is 3. The molecule has 5 heteroatoms. The highest BCUT2D eigenvalue weighted by Gasteiger charge is 2.16. The van der Waals surface area contributed by atoms with Gasteiger partial charge in [-0.1, -0.05) is 50.0 Å². The SMILES string of the molecule is CCCCCCCn1nnc(CN)c1-c1ccccc1F. The van der Waals surface area contributed by atoms with Crippen molar-refractivity contribution in [2.24, 2.45) is 5.73 Å². The summed E-state index contributed by atoms with van der Waals surface area (Å²) in [7, 11) is 0. The second-order valence-corrected chi connectivity index (χ2v) is 5.21. The van der Waals surface area contributed by atoms with Crippen molar-refractivity contribution >= 4 is 0 Å². The van der Waals surface area contributed by atoms with Gasteiger partial charge in [-0.3, -0.25) is 0 Å². The van der Waals surface area contributed by atoms with Gasteiger partial charge in [0.1, 0.15) is 11.5 Å². The molecule has 0 bridgehead atoms. The monoisotopic (exact) mass is 290 g/mol. The van der Waals surface area contributed by atoms with E-state index in [9.17, 15) is 4.39 Å². The summed E-state index contributed by atoms with van der Waals surface area (Å²) in [5, 5.41) is 8.23. The van der Waals surface area contributed by atoms with Gasteiger partial charge in [0.05, 0.1) is 5.69 Å². The van der Waals surface area contributed by atoms with Crippen molar-refractivity contribution in [2.75, 3.05) is 0 Å². The number of halogens is 1. The Hall–Kier alpha value is -1.75. The van der Waals surface area contributed by atoms with Crippen LogP contribution in [0.4, 0.5) is 4.39 Å². The Morgan fingerprint density at radius 3 is 2.62 bits per heavy atom. The van der Waals surface area contributed by atoms with Crippen LogP contribution in [-0.2, 0) is 13.1 Å². The van der Waals surface area contributed by atoms with E-state index in [-0.39, 0.29) is 12.4 Å². The average Bonchev–Trinajstić information content (AvgIpc) is 2.90. The predicted octanol–water partition coefficient (Wildman–Crippen LogP) is 3.51. The Morgan fingerprint density at radius 2 is 1.90 bits per heavy atom. The zero-order valence-electron chi connectivity index (χ0n) is 12.6. The van der Waals surface area contributed by atoms with Gasteiger partial charge in [-0.25, -0.2) is 9.07 Å². The van der Waals surface area contributed by atoms with Crippen LogP contribution in [0.2, 0.25) is 0 Å². The molecular formula is C16H23FN4. The standard InChI is InChI=1S/C16H23FN4/c1-2-3-4-5-8-11-21-16(15(12-18)19-20-21)13-9-6-7-10-14(13)17/h6-7,9-10H,2-5,8,11-12,18H2,1H3. The highest BCUT2D eigenvalue weighted by molar-refractivity contribution is 5.62. The van der Waals surface area contributed by atoms with Crippen molar-refractivity contribution in [3.63, 3.8) is 0 Å². The van der Waals surface area contributed by atoms with Crippen molar-refractivity contribution in [3.05, 3.63) is 35.8 Å². The minimum Gasteiger partial charge on any atom is -0.325 e. The Balaban J connectivity index is 2.16. The summed E-state index contributed by atoms with van der Waals surface area (Å²) in [4.78, 5) is 0. The van der Waals surface area contributed by atoms with Crippen molar-refractivity contribution in [2.45, 2.75) is 52.1 Å². The summed E-state index contributed by atoms with van der Waals surface area (Å²) >= 11 is 0. The molecule has 0 radical (unpaired) electrons. The molecule has 0 fully saturated rings. The van der Waals surface area contributed by atoms with E-state index in [4.69, 9.17) is 5.73 Å². The van der Waals surface area contributed by atoms with Crippen LogP contribution in [0.5, 0.6) is 0 Å². The van der Waals surface area contributed by atoms with Crippen LogP contribution < -0.4 is 5.73 Å². The maximum atomic E-state index is 14.0. The zero-order chi connectivity index (χ0) is 15.1. The number of unbranched alkanes of at least 4 members (excludes halogenated alkanes) is 4. The van der Waals surface area contributed by atoms with Gasteiger partial charge in [-0.2, -0.15) is 0 Å². The molecule has 1 aromatic heterocycles. The number of rotatable bonds is 8. The fourth-order valence-electron chi connectivity index (χ4n) is 2.46. The lowest BCUT2D eigenvalue weighted by Crippen LogP contribution is -2.06. The molecule has 2 rings (SSSR count). The first kappa shape index (κ1) is 15.6. The van der Waals surface area contributed by atoms with Gasteiger partial charge in [0, 0.05) is 18.7 Å². The lowest BCUT2D eigenvalue weighted by Gasteiger charge is -2.08. The molecule has 1 heterocycles. The number of hydrogen-bond donors (Lipinski definition) is 1. The van der Waals surface area contributed by atoms with Gasteiger partial charge in [0.15, 0.2) is 0 Å².